The molecule has 0 heterocycles. The average Bonchev–Trinajstić information content (AvgIpc) is 2.42. The third-order valence-electron chi connectivity index (χ3n) is 3.33. The van der Waals surface area contributed by atoms with Gasteiger partial charge in [-0.3, -0.25) is 4.79 Å². The minimum Gasteiger partial charge on any atom is -0.508 e. The molecule has 2 aromatic rings. The number of amides is 1. The first kappa shape index (κ1) is 14.9. The van der Waals surface area contributed by atoms with Crippen LogP contribution in [0.25, 0.3) is 0 Å². The van der Waals surface area contributed by atoms with E-state index in [4.69, 9.17) is 0 Å². The van der Waals surface area contributed by atoms with E-state index < -0.39 is 0 Å². The van der Waals surface area contributed by atoms with Crippen molar-refractivity contribution in [3.05, 3.63) is 53.6 Å². The van der Waals surface area contributed by atoms with Crippen molar-refractivity contribution in [2.24, 2.45) is 0 Å². The number of phenols is 1. The number of phenolic OH excluding ortho intramolecular Hbond substituents is 1. The molecular weight excluding hydrogens is 264 g/mol. The lowest BCUT2D eigenvalue weighted by molar-refractivity contribution is -0.114. The second kappa shape index (κ2) is 6.31. The smallest absolute Gasteiger partial charge is 0.221 e. The molecule has 0 aliphatic carbocycles. The fourth-order valence-corrected chi connectivity index (χ4v) is 2.22. The fraction of sp³-hybridized carbons (Fsp3) is 0.235. The maximum atomic E-state index is 11.2. The average molecular weight is 284 g/mol. The van der Waals surface area contributed by atoms with Gasteiger partial charge in [0.15, 0.2) is 0 Å². The number of para-hydroxylation sites is 1. The number of anilines is 2. The Morgan fingerprint density at radius 1 is 1.19 bits per heavy atom. The highest BCUT2D eigenvalue weighted by atomic mass is 16.3. The van der Waals surface area contributed by atoms with Crippen molar-refractivity contribution in [2.75, 3.05) is 10.6 Å². The van der Waals surface area contributed by atoms with Crippen LogP contribution >= 0.6 is 0 Å². The molecule has 0 aromatic heterocycles. The van der Waals surface area contributed by atoms with E-state index in [9.17, 15) is 9.90 Å². The van der Waals surface area contributed by atoms with E-state index in [1.807, 2.05) is 44.2 Å². The monoisotopic (exact) mass is 284 g/mol. The SMILES string of the molecule is CC(=O)Nc1cc(NC(C)c2ccccc2O)ccc1C. The van der Waals surface area contributed by atoms with Gasteiger partial charge in [-0.05, 0) is 37.6 Å². The van der Waals surface area contributed by atoms with Crippen LogP contribution in [0.5, 0.6) is 5.75 Å². The Kier molecular flexibility index (Phi) is 4.48. The van der Waals surface area contributed by atoms with Gasteiger partial charge < -0.3 is 15.7 Å². The molecule has 0 aliphatic heterocycles. The van der Waals surface area contributed by atoms with Gasteiger partial charge in [-0.15, -0.1) is 0 Å². The molecule has 2 aromatic carbocycles. The second-order valence-electron chi connectivity index (χ2n) is 5.14. The van der Waals surface area contributed by atoms with Crippen LogP contribution in [-0.4, -0.2) is 11.0 Å². The zero-order chi connectivity index (χ0) is 15.4. The molecule has 0 fully saturated rings. The molecular formula is C17H20N2O2. The van der Waals surface area contributed by atoms with Crippen LogP contribution in [0.2, 0.25) is 0 Å². The zero-order valence-electron chi connectivity index (χ0n) is 12.5. The topological polar surface area (TPSA) is 61.4 Å². The zero-order valence-corrected chi connectivity index (χ0v) is 12.5. The number of carbonyl (C=O) groups is 1. The van der Waals surface area contributed by atoms with E-state index >= 15 is 0 Å². The van der Waals surface area contributed by atoms with Crippen LogP contribution in [-0.2, 0) is 4.79 Å². The van der Waals surface area contributed by atoms with Gasteiger partial charge in [-0.1, -0.05) is 24.3 Å². The first-order valence-electron chi connectivity index (χ1n) is 6.90. The maximum Gasteiger partial charge on any atom is 0.221 e. The highest BCUT2D eigenvalue weighted by Gasteiger charge is 2.10. The van der Waals surface area contributed by atoms with Gasteiger partial charge >= 0.3 is 0 Å². The molecule has 0 saturated heterocycles. The molecule has 4 nitrogen and oxygen atoms in total. The van der Waals surface area contributed by atoms with Gasteiger partial charge in [0.05, 0.1) is 6.04 Å². The summed E-state index contributed by atoms with van der Waals surface area (Å²) in [7, 11) is 0. The van der Waals surface area contributed by atoms with E-state index in [0.29, 0.717) is 0 Å². The standard InChI is InChI=1S/C17H20N2O2/c1-11-8-9-14(10-16(11)19-13(3)20)18-12(2)15-6-4-5-7-17(15)21/h4-10,12,18,21H,1-3H3,(H,19,20). The van der Waals surface area contributed by atoms with Crippen molar-refractivity contribution in [3.63, 3.8) is 0 Å². The van der Waals surface area contributed by atoms with Gasteiger partial charge in [0.25, 0.3) is 0 Å². The van der Waals surface area contributed by atoms with Gasteiger partial charge in [-0.2, -0.15) is 0 Å². The van der Waals surface area contributed by atoms with E-state index in [0.717, 1.165) is 22.5 Å². The lowest BCUT2D eigenvalue weighted by Crippen LogP contribution is -2.10. The number of rotatable bonds is 4. The summed E-state index contributed by atoms with van der Waals surface area (Å²) in [5.41, 5.74) is 3.52. The molecule has 4 heteroatoms. The summed E-state index contributed by atoms with van der Waals surface area (Å²) in [5, 5.41) is 16.0. The van der Waals surface area contributed by atoms with Gasteiger partial charge in [0.2, 0.25) is 5.91 Å². The van der Waals surface area contributed by atoms with Gasteiger partial charge in [0, 0.05) is 23.9 Å². The number of benzene rings is 2. The van der Waals surface area contributed by atoms with Gasteiger partial charge in [0.1, 0.15) is 5.75 Å². The normalized spacial score (nSPS) is 11.8. The van der Waals surface area contributed by atoms with E-state index in [-0.39, 0.29) is 17.7 Å². The minimum absolute atomic E-state index is 0.0425. The Morgan fingerprint density at radius 3 is 2.57 bits per heavy atom. The summed E-state index contributed by atoms with van der Waals surface area (Å²) in [4.78, 5) is 11.2. The fourth-order valence-electron chi connectivity index (χ4n) is 2.22. The minimum atomic E-state index is -0.0935. The molecule has 0 aliphatic rings. The predicted molar refractivity (Wildman–Crippen MR) is 85.6 cm³/mol. The first-order chi connectivity index (χ1) is 9.97. The third-order valence-corrected chi connectivity index (χ3v) is 3.33. The number of carbonyl (C=O) groups excluding carboxylic acids is 1. The Bertz CT molecular complexity index is 653. The molecule has 2 rings (SSSR count). The van der Waals surface area contributed by atoms with Crippen LogP contribution < -0.4 is 10.6 Å². The van der Waals surface area contributed by atoms with Gasteiger partial charge in [-0.25, -0.2) is 0 Å². The van der Waals surface area contributed by atoms with Crippen molar-refractivity contribution >= 4 is 17.3 Å². The lowest BCUT2D eigenvalue weighted by Gasteiger charge is -2.18. The molecule has 0 saturated carbocycles. The molecule has 21 heavy (non-hydrogen) atoms. The number of hydrogen-bond donors (Lipinski definition) is 3. The lowest BCUT2D eigenvalue weighted by atomic mass is 10.1. The Balaban J connectivity index is 2.20. The predicted octanol–water partition coefficient (Wildman–Crippen LogP) is 3.83. The summed E-state index contributed by atoms with van der Waals surface area (Å²) < 4.78 is 0. The van der Waals surface area contributed by atoms with E-state index in [2.05, 4.69) is 10.6 Å². The summed E-state index contributed by atoms with van der Waals surface area (Å²) in [6.45, 7) is 5.42. The largest absolute Gasteiger partial charge is 0.508 e. The Labute approximate surface area is 124 Å². The Morgan fingerprint density at radius 2 is 1.90 bits per heavy atom. The van der Waals surface area contributed by atoms with Crippen LogP contribution in [0.4, 0.5) is 11.4 Å². The highest BCUT2D eigenvalue weighted by molar-refractivity contribution is 5.90. The van der Waals surface area contributed by atoms with Crippen molar-refractivity contribution in [2.45, 2.75) is 26.8 Å². The van der Waals surface area contributed by atoms with Crippen LogP contribution in [0.1, 0.15) is 31.0 Å². The summed E-state index contributed by atoms with van der Waals surface area (Å²) in [5.74, 6) is 0.177. The molecule has 1 unspecified atom stereocenters. The van der Waals surface area contributed by atoms with Crippen LogP contribution in [0, 0.1) is 6.92 Å². The number of hydrogen-bond acceptors (Lipinski definition) is 3. The van der Waals surface area contributed by atoms with Crippen molar-refractivity contribution in [1.82, 2.24) is 0 Å². The summed E-state index contributed by atoms with van der Waals surface area (Å²) >= 11 is 0. The first-order valence-corrected chi connectivity index (χ1v) is 6.90. The molecule has 110 valence electrons. The molecule has 3 N–H and O–H groups in total. The summed E-state index contributed by atoms with van der Waals surface area (Å²) in [6, 6.07) is 13.0. The van der Waals surface area contributed by atoms with Crippen LogP contribution in [0.3, 0.4) is 0 Å². The number of nitrogens with one attached hydrogen (secondary N) is 2. The quantitative estimate of drug-likeness (QED) is 0.799. The highest BCUT2D eigenvalue weighted by Crippen LogP contribution is 2.28. The molecule has 0 bridgehead atoms. The van der Waals surface area contributed by atoms with E-state index in [1.165, 1.54) is 6.92 Å². The molecule has 0 radical (unpaired) electrons. The van der Waals surface area contributed by atoms with Crippen molar-refractivity contribution in [3.8, 4) is 5.75 Å². The maximum absolute atomic E-state index is 11.2. The molecule has 1 atom stereocenters. The number of aryl methyl sites for hydroxylation is 1. The summed E-state index contributed by atoms with van der Waals surface area (Å²) in [6.07, 6.45) is 0. The van der Waals surface area contributed by atoms with Crippen LogP contribution in [0.15, 0.2) is 42.5 Å². The van der Waals surface area contributed by atoms with Crippen molar-refractivity contribution in [1.29, 1.82) is 0 Å². The Hall–Kier alpha value is -2.49. The van der Waals surface area contributed by atoms with E-state index in [1.54, 1.807) is 12.1 Å². The molecule has 0 spiro atoms. The number of aromatic hydroxyl groups is 1. The third kappa shape index (κ3) is 3.75. The second-order valence-corrected chi connectivity index (χ2v) is 5.14. The molecule has 1 amide bonds. The van der Waals surface area contributed by atoms with Crippen molar-refractivity contribution < 1.29 is 9.90 Å².